The molecule has 1 N–H and O–H groups in total. The standard InChI is InChI=1S/C9H6N4O4/c14-9(15)8-5-10-11-12(8)6-2-1-3-7(4-6)13(16)17/h1-5H,(H,14,15). The predicted molar refractivity (Wildman–Crippen MR) is 55.0 cm³/mol. The first kappa shape index (κ1) is 10.7. The number of nitro groups is 1. The van der Waals surface area contributed by atoms with Crippen LogP contribution in [0.25, 0.3) is 5.69 Å². The number of aromatic nitrogens is 3. The maximum absolute atomic E-state index is 10.8. The monoisotopic (exact) mass is 234 g/mol. The molecule has 2 aromatic rings. The molecule has 0 aliphatic heterocycles. The van der Waals surface area contributed by atoms with Crippen molar-refractivity contribution in [3.8, 4) is 5.69 Å². The fourth-order valence-corrected chi connectivity index (χ4v) is 1.31. The lowest BCUT2D eigenvalue weighted by Gasteiger charge is -2.02. The molecule has 0 atom stereocenters. The number of aromatic carboxylic acids is 1. The summed E-state index contributed by atoms with van der Waals surface area (Å²) in [4.78, 5) is 20.9. The summed E-state index contributed by atoms with van der Waals surface area (Å²) in [6.45, 7) is 0. The van der Waals surface area contributed by atoms with Crippen molar-refractivity contribution in [3.63, 3.8) is 0 Å². The number of non-ortho nitro benzene ring substituents is 1. The zero-order valence-electron chi connectivity index (χ0n) is 8.35. The Labute approximate surface area is 94.3 Å². The Balaban J connectivity index is 2.53. The number of rotatable bonds is 3. The van der Waals surface area contributed by atoms with Crippen molar-refractivity contribution in [2.45, 2.75) is 0 Å². The molecule has 0 bridgehead atoms. The van der Waals surface area contributed by atoms with Crippen molar-refractivity contribution in [2.24, 2.45) is 0 Å². The lowest BCUT2D eigenvalue weighted by atomic mass is 10.3. The molecule has 0 saturated heterocycles. The van der Waals surface area contributed by atoms with Gasteiger partial charge in [-0.25, -0.2) is 9.48 Å². The number of carboxylic acid groups (broad SMARTS) is 1. The summed E-state index contributed by atoms with van der Waals surface area (Å²) in [7, 11) is 0. The summed E-state index contributed by atoms with van der Waals surface area (Å²) in [5.74, 6) is -1.21. The minimum Gasteiger partial charge on any atom is -0.476 e. The minimum atomic E-state index is -1.21. The third-order valence-corrected chi connectivity index (χ3v) is 2.05. The van der Waals surface area contributed by atoms with E-state index in [0.29, 0.717) is 0 Å². The first-order chi connectivity index (χ1) is 8.09. The Morgan fingerprint density at radius 2 is 2.24 bits per heavy atom. The summed E-state index contributed by atoms with van der Waals surface area (Å²) < 4.78 is 1.02. The molecule has 0 spiro atoms. The SMILES string of the molecule is O=C(O)c1cnnn1-c1cccc([N+](=O)[O-])c1. The second-order valence-corrected chi connectivity index (χ2v) is 3.11. The van der Waals surface area contributed by atoms with Gasteiger partial charge >= 0.3 is 5.97 Å². The van der Waals surface area contributed by atoms with Gasteiger partial charge in [0.1, 0.15) is 0 Å². The molecule has 0 aliphatic rings. The highest BCUT2D eigenvalue weighted by Gasteiger charge is 2.15. The zero-order valence-corrected chi connectivity index (χ0v) is 8.35. The summed E-state index contributed by atoms with van der Waals surface area (Å²) >= 11 is 0. The van der Waals surface area contributed by atoms with Crippen molar-refractivity contribution in [1.82, 2.24) is 15.0 Å². The van der Waals surface area contributed by atoms with Gasteiger partial charge in [0.25, 0.3) is 5.69 Å². The lowest BCUT2D eigenvalue weighted by Crippen LogP contribution is -2.08. The molecule has 1 heterocycles. The third-order valence-electron chi connectivity index (χ3n) is 2.05. The molecule has 17 heavy (non-hydrogen) atoms. The minimum absolute atomic E-state index is 0.144. The average molecular weight is 234 g/mol. The average Bonchev–Trinajstić information content (AvgIpc) is 2.78. The Kier molecular flexibility index (Phi) is 2.53. The number of hydrogen-bond acceptors (Lipinski definition) is 5. The number of nitrogens with zero attached hydrogens (tertiary/aromatic N) is 4. The van der Waals surface area contributed by atoms with Crippen LogP contribution in [-0.2, 0) is 0 Å². The van der Waals surface area contributed by atoms with Gasteiger partial charge in [0.2, 0.25) is 0 Å². The Hall–Kier alpha value is -2.77. The van der Waals surface area contributed by atoms with Gasteiger partial charge < -0.3 is 5.11 Å². The van der Waals surface area contributed by atoms with E-state index >= 15 is 0 Å². The topological polar surface area (TPSA) is 111 Å². The molecule has 0 amide bonds. The maximum atomic E-state index is 10.8. The summed E-state index contributed by atoms with van der Waals surface area (Å²) in [6, 6.07) is 5.48. The Morgan fingerprint density at radius 1 is 1.47 bits per heavy atom. The van der Waals surface area contributed by atoms with Gasteiger partial charge in [-0.2, -0.15) is 0 Å². The molecular formula is C9H6N4O4. The fraction of sp³-hybridized carbons (Fsp3) is 0. The first-order valence-electron chi connectivity index (χ1n) is 4.48. The van der Waals surface area contributed by atoms with Crippen LogP contribution in [0, 0.1) is 10.1 Å². The van der Waals surface area contributed by atoms with E-state index in [1.165, 1.54) is 24.3 Å². The van der Waals surface area contributed by atoms with Crippen molar-refractivity contribution >= 4 is 11.7 Å². The summed E-state index contributed by atoms with van der Waals surface area (Å²) in [6.07, 6.45) is 1.07. The van der Waals surface area contributed by atoms with Gasteiger partial charge in [0, 0.05) is 12.1 Å². The quantitative estimate of drug-likeness (QED) is 0.623. The molecule has 0 fully saturated rings. The lowest BCUT2D eigenvalue weighted by molar-refractivity contribution is -0.384. The molecule has 0 radical (unpaired) electrons. The predicted octanol–water partition coefficient (Wildman–Crippen LogP) is 0.874. The summed E-state index contributed by atoms with van der Waals surface area (Å²) in [5.41, 5.74) is -0.0334. The van der Waals surface area contributed by atoms with Crippen LogP contribution in [0.4, 0.5) is 5.69 Å². The van der Waals surface area contributed by atoms with Crippen LogP contribution in [-0.4, -0.2) is 31.0 Å². The van der Waals surface area contributed by atoms with E-state index in [4.69, 9.17) is 5.11 Å². The highest BCUT2D eigenvalue weighted by Crippen LogP contribution is 2.17. The van der Waals surface area contributed by atoms with Crippen LogP contribution < -0.4 is 0 Å². The molecule has 2 rings (SSSR count). The molecule has 86 valence electrons. The second kappa shape index (κ2) is 4.00. The highest BCUT2D eigenvalue weighted by molar-refractivity contribution is 5.85. The smallest absolute Gasteiger partial charge is 0.356 e. The van der Waals surface area contributed by atoms with Crippen LogP contribution in [0.2, 0.25) is 0 Å². The van der Waals surface area contributed by atoms with E-state index in [2.05, 4.69) is 10.3 Å². The van der Waals surface area contributed by atoms with Gasteiger partial charge in [0.05, 0.1) is 16.8 Å². The maximum Gasteiger partial charge on any atom is 0.356 e. The molecule has 0 unspecified atom stereocenters. The van der Waals surface area contributed by atoms with Crippen molar-refractivity contribution in [3.05, 3.63) is 46.3 Å². The molecule has 0 aliphatic carbocycles. The molecule has 0 saturated carbocycles. The highest BCUT2D eigenvalue weighted by atomic mass is 16.6. The van der Waals surface area contributed by atoms with Gasteiger partial charge in [0.15, 0.2) is 5.69 Å². The number of nitro benzene ring substituents is 1. The normalized spacial score (nSPS) is 10.1. The third kappa shape index (κ3) is 1.95. The van der Waals surface area contributed by atoms with Gasteiger partial charge in [-0.1, -0.05) is 11.3 Å². The van der Waals surface area contributed by atoms with Gasteiger partial charge in [-0.3, -0.25) is 10.1 Å². The van der Waals surface area contributed by atoms with Crippen LogP contribution >= 0.6 is 0 Å². The van der Waals surface area contributed by atoms with Crippen LogP contribution in [0.1, 0.15) is 10.5 Å². The number of hydrogen-bond donors (Lipinski definition) is 1. The van der Waals surface area contributed by atoms with Crippen molar-refractivity contribution in [2.75, 3.05) is 0 Å². The fourth-order valence-electron chi connectivity index (χ4n) is 1.31. The molecule has 1 aromatic carbocycles. The van der Waals surface area contributed by atoms with E-state index in [1.807, 2.05) is 0 Å². The second-order valence-electron chi connectivity index (χ2n) is 3.11. The van der Waals surface area contributed by atoms with Crippen LogP contribution in [0.3, 0.4) is 0 Å². The number of carboxylic acids is 1. The van der Waals surface area contributed by atoms with Crippen molar-refractivity contribution in [1.29, 1.82) is 0 Å². The van der Waals surface area contributed by atoms with E-state index in [-0.39, 0.29) is 17.1 Å². The number of carbonyl (C=O) groups is 1. The molecular weight excluding hydrogens is 228 g/mol. The van der Waals surface area contributed by atoms with Gasteiger partial charge in [-0.15, -0.1) is 5.10 Å². The first-order valence-corrected chi connectivity index (χ1v) is 4.48. The van der Waals surface area contributed by atoms with E-state index in [1.54, 1.807) is 0 Å². The number of benzene rings is 1. The van der Waals surface area contributed by atoms with Crippen molar-refractivity contribution < 1.29 is 14.8 Å². The van der Waals surface area contributed by atoms with Crippen LogP contribution in [0.15, 0.2) is 30.5 Å². The Morgan fingerprint density at radius 3 is 2.88 bits per heavy atom. The van der Waals surface area contributed by atoms with E-state index in [9.17, 15) is 14.9 Å². The van der Waals surface area contributed by atoms with E-state index < -0.39 is 10.9 Å². The van der Waals surface area contributed by atoms with E-state index in [0.717, 1.165) is 10.9 Å². The van der Waals surface area contributed by atoms with Gasteiger partial charge in [-0.05, 0) is 6.07 Å². The Bertz CT molecular complexity index is 592. The molecule has 8 heteroatoms. The molecule has 8 nitrogen and oxygen atoms in total. The zero-order chi connectivity index (χ0) is 12.4. The molecule has 1 aromatic heterocycles. The van der Waals surface area contributed by atoms with Crippen LogP contribution in [0.5, 0.6) is 0 Å². The summed E-state index contributed by atoms with van der Waals surface area (Å²) in [5, 5.41) is 26.5. The largest absolute Gasteiger partial charge is 0.476 e.